The van der Waals surface area contributed by atoms with Gasteiger partial charge in [-0.3, -0.25) is 4.79 Å². The number of phenols is 1. The number of phenolic OH excluding ortho intramolecular Hbond substituents is 1. The van der Waals surface area contributed by atoms with Crippen LogP contribution in [0, 0.1) is 13.8 Å². The lowest BCUT2D eigenvalue weighted by atomic mass is 9.94. The van der Waals surface area contributed by atoms with Crippen LogP contribution in [0.25, 0.3) is 0 Å². The van der Waals surface area contributed by atoms with Gasteiger partial charge in [0.1, 0.15) is 40.8 Å². The summed E-state index contributed by atoms with van der Waals surface area (Å²) in [5, 5.41) is 16.9. The number of nitrogens with zero attached hydrogens (tertiary/aromatic N) is 1. The zero-order chi connectivity index (χ0) is 38.1. The van der Waals surface area contributed by atoms with Crippen molar-refractivity contribution in [1.29, 1.82) is 0 Å². The molecule has 9 heteroatoms. The summed E-state index contributed by atoms with van der Waals surface area (Å²) in [5.41, 5.74) is 5.85. The lowest BCUT2D eigenvalue weighted by molar-refractivity contribution is -0.116. The number of Topliss-reactive ketones (excluding diaryl/α,β-unsaturated/α-hetero) is 1. The van der Waals surface area contributed by atoms with Crippen LogP contribution < -0.4 is 10.1 Å². The lowest BCUT2D eigenvalue weighted by Crippen LogP contribution is -2.12. The summed E-state index contributed by atoms with van der Waals surface area (Å²) < 4.78 is 15.3. The number of aryl methyl sites for hydroxylation is 2. The van der Waals surface area contributed by atoms with E-state index in [-0.39, 0.29) is 29.6 Å². The maximum absolute atomic E-state index is 11.8. The first-order chi connectivity index (χ1) is 23.5. The van der Waals surface area contributed by atoms with Gasteiger partial charge in [-0.15, -0.1) is 0 Å². The zero-order valence-corrected chi connectivity index (χ0v) is 32.6. The summed E-state index contributed by atoms with van der Waals surface area (Å²) in [6.07, 6.45) is 7.22. The third kappa shape index (κ3) is 15.1. The quantitative estimate of drug-likeness (QED) is 0.169. The van der Waals surface area contributed by atoms with Gasteiger partial charge in [0.25, 0.3) is 5.91 Å². The normalized spacial score (nSPS) is 10.7. The highest BCUT2D eigenvalue weighted by atomic mass is 16.5. The number of hydrogen-bond acceptors (Lipinski definition) is 8. The number of amides is 1. The van der Waals surface area contributed by atoms with Crippen molar-refractivity contribution in [2.75, 3.05) is 12.4 Å². The SMILES string of the molecule is CC.CC.CC.CCC.CCc1ccc(NC(=O)c2cnoc2C)cc1.COc1c(C)c2c(c(O)c1C/C=C(\C)CCC(C)=O)C(=O)OC2. The fourth-order valence-corrected chi connectivity index (χ4v) is 4.32. The summed E-state index contributed by atoms with van der Waals surface area (Å²) in [7, 11) is 1.54. The van der Waals surface area contributed by atoms with Crippen LogP contribution in [0.3, 0.4) is 0 Å². The molecule has 274 valence electrons. The number of allylic oxidation sites excluding steroid dienone is 2. The summed E-state index contributed by atoms with van der Waals surface area (Å²) >= 11 is 0. The molecular weight excluding hydrogens is 620 g/mol. The van der Waals surface area contributed by atoms with Crippen LogP contribution in [0.15, 0.2) is 46.6 Å². The summed E-state index contributed by atoms with van der Waals surface area (Å²) in [6.45, 7) is 25.6. The second-order valence-corrected chi connectivity index (χ2v) is 10.4. The monoisotopic (exact) mass is 682 g/mol. The highest BCUT2D eigenvalue weighted by Gasteiger charge is 2.31. The Kier molecular flexibility index (Phi) is 25.3. The predicted molar refractivity (Wildman–Crippen MR) is 201 cm³/mol. The number of rotatable bonds is 9. The first-order valence-electron chi connectivity index (χ1n) is 17.5. The Labute approximate surface area is 295 Å². The van der Waals surface area contributed by atoms with Crippen LogP contribution in [0.5, 0.6) is 11.5 Å². The Bertz CT molecular complexity index is 1440. The van der Waals surface area contributed by atoms with Crippen molar-refractivity contribution in [1.82, 2.24) is 5.16 Å². The number of carbonyl (C=O) groups is 3. The third-order valence-corrected chi connectivity index (χ3v) is 6.79. The number of ketones is 1. The molecule has 2 N–H and O–H groups in total. The Morgan fingerprint density at radius 1 is 0.980 bits per heavy atom. The van der Waals surface area contributed by atoms with Gasteiger partial charge in [-0.25, -0.2) is 4.79 Å². The number of benzene rings is 2. The van der Waals surface area contributed by atoms with Gasteiger partial charge in [-0.05, 0) is 70.2 Å². The van der Waals surface area contributed by atoms with Gasteiger partial charge in [0.15, 0.2) is 0 Å². The maximum atomic E-state index is 11.8. The highest BCUT2D eigenvalue weighted by Crippen LogP contribution is 2.42. The number of ether oxygens (including phenoxy) is 2. The minimum absolute atomic E-state index is 0.0689. The van der Waals surface area contributed by atoms with Crippen molar-refractivity contribution in [3.63, 3.8) is 0 Å². The van der Waals surface area contributed by atoms with E-state index in [0.717, 1.165) is 23.2 Å². The van der Waals surface area contributed by atoms with Gasteiger partial charge in [0.2, 0.25) is 0 Å². The van der Waals surface area contributed by atoms with E-state index in [1.165, 1.54) is 18.2 Å². The van der Waals surface area contributed by atoms with Crippen molar-refractivity contribution in [2.24, 2.45) is 0 Å². The molecule has 0 aliphatic carbocycles. The van der Waals surface area contributed by atoms with Crippen LogP contribution in [0.2, 0.25) is 0 Å². The summed E-state index contributed by atoms with van der Waals surface area (Å²) in [5.74, 6) is 0.479. The fourth-order valence-electron chi connectivity index (χ4n) is 4.32. The second-order valence-electron chi connectivity index (χ2n) is 10.4. The Balaban J connectivity index is 0. The number of fused-ring (bicyclic) bond motifs is 1. The average molecular weight is 683 g/mol. The van der Waals surface area contributed by atoms with E-state index in [1.54, 1.807) is 21.0 Å². The van der Waals surface area contributed by atoms with E-state index < -0.39 is 5.97 Å². The van der Waals surface area contributed by atoms with E-state index >= 15 is 0 Å². The zero-order valence-electron chi connectivity index (χ0n) is 32.6. The first kappa shape index (κ1) is 46.7. The van der Waals surface area contributed by atoms with E-state index in [2.05, 4.69) is 31.2 Å². The number of methoxy groups -OCH3 is 1. The molecule has 1 amide bonds. The van der Waals surface area contributed by atoms with Crippen molar-refractivity contribution in [2.45, 2.75) is 129 Å². The molecule has 2 aromatic carbocycles. The molecule has 0 fully saturated rings. The topological polar surface area (TPSA) is 128 Å². The van der Waals surface area contributed by atoms with Gasteiger partial charge < -0.3 is 29.2 Å². The number of aromatic hydroxyl groups is 1. The van der Waals surface area contributed by atoms with Crippen molar-refractivity contribution in [3.05, 3.63) is 81.3 Å². The molecule has 0 atom stereocenters. The minimum Gasteiger partial charge on any atom is -0.507 e. The van der Waals surface area contributed by atoms with E-state index in [9.17, 15) is 19.5 Å². The molecule has 49 heavy (non-hydrogen) atoms. The molecule has 2 heterocycles. The predicted octanol–water partition coefficient (Wildman–Crippen LogP) is 10.5. The van der Waals surface area contributed by atoms with E-state index in [1.807, 2.05) is 85.7 Å². The molecule has 0 saturated carbocycles. The third-order valence-electron chi connectivity index (χ3n) is 6.79. The number of cyclic esters (lactones) is 1. The number of nitrogens with one attached hydrogen (secondary N) is 1. The standard InChI is InChI=1S/C18H22O5.C13H14N2O2.C3H8.3C2H6/c1-10(5-7-11(2)19)6-8-13-16(20)15-14(9-23-18(15)21)12(3)17(13)22-4;1-3-10-4-6-11(7-5-10)15-13(16)12-8-14-17-9(12)2;1-3-2;3*1-2/h6,20H,5,7-9H2,1-4H3;4-8H,3H2,1-2H3,(H,15,16);3H2,1-2H3;3*1-2H3/b10-6+;;;;;. The Morgan fingerprint density at radius 3 is 2.02 bits per heavy atom. The molecular formula is C40H62N2O7. The van der Waals surface area contributed by atoms with Crippen molar-refractivity contribution in [3.8, 4) is 11.5 Å². The number of anilines is 1. The van der Waals surface area contributed by atoms with Crippen LogP contribution >= 0.6 is 0 Å². The Morgan fingerprint density at radius 2 is 1.55 bits per heavy atom. The molecule has 1 aliphatic heterocycles. The number of aromatic nitrogens is 1. The largest absolute Gasteiger partial charge is 0.507 e. The van der Waals surface area contributed by atoms with Gasteiger partial charge in [-0.1, -0.05) is 97.7 Å². The van der Waals surface area contributed by atoms with Crippen LogP contribution in [-0.4, -0.2) is 35.0 Å². The van der Waals surface area contributed by atoms with Crippen LogP contribution in [-0.2, 0) is 29.0 Å². The van der Waals surface area contributed by atoms with Crippen molar-refractivity contribution >= 4 is 23.3 Å². The number of hydrogen-bond donors (Lipinski definition) is 2. The fraction of sp³-hybridized carbons (Fsp3) is 0.500. The molecule has 3 aromatic rings. The molecule has 0 unspecified atom stereocenters. The van der Waals surface area contributed by atoms with Crippen LogP contribution in [0.4, 0.5) is 5.69 Å². The second kappa shape index (κ2) is 26.5. The summed E-state index contributed by atoms with van der Waals surface area (Å²) in [4.78, 5) is 34.7. The van der Waals surface area contributed by atoms with Gasteiger partial charge in [0, 0.05) is 23.2 Å². The number of carbonyl (C=O) groups excluding carboxylic acids is 3. The molecule has 0 spiro atoms. The van der Waals surface area contributed by atoms with E-state index in [4.69, 9.17) is 14.0 Å². The molecule has 0 radical (unpaired) electrons. The maximum Gasteiger partial charge on any atom is 0.342 e. The van der Waals surface area contributed by atoms with Gasteiger partial charge in [-0.2, -0.15) is 0 Å². The van der Waals surface area contributed by atoms with Crippen LogP contribution in [0.1, 0.15) is 144 Å². The molecule has 1 aliphatic rings. The lowest BCUT2D eigenvalue weighted by Gasteiger charge is -2.15. The molecule has 0 saturated heterocycles. The molecule has 9 nitrogen and oxygen atoms in total. The molecule has 4 rings (SSSR count). The van der Waals surface area contributed by atoms with Gasteiger partial charge in [0.05, 0.1) is 13.3 Å². The number of esters is 1. The average Bonchev–Trinajstić information content (AvgIpc) is 3.73. The highest BCUT2D eigenvalue weighted by molar-refractivity contribution is 6.04. The van der Waals surface area contributed by atoms with E-state index in [0.29, 0.717) is 47.5 Å². The first-order valence-corrected chi connectivity index (χ1v) is 17.5. The summed E-state index contributed by atoms with van der Waals surface area (Å²) in [6, 6.07) is 7.77. The van der Waals surface area contributed by atoms with Gasteiger partial charge >= 0.3 is 5.97 Å². The Hall–Kier alpha value is -4.40. The molecule has 0 bridgehead atoms. The smallest absolute Gasteiger partial charge is 0.342 e. The minimum atomic E-state index is -0.498. The van der Waals surface area contributed by atoms with Crippen molar-refractivity contribution < 1.29 is 33.5 Å². The molecule has 1 aromatic heterocycles.